The van der Waals surface area contributed by atoms with E-state index in [2.05, 4.69) is 13.8 Å². The zero-order valence-corrected chi connectivity index (χ0v) is 7.85. The van der Waals surface area contributed by atoms with E-state index < -0.39 is 10.8 Å². The van der Waals surface area contributed by atoms with Crippen LogP contribution in [-0.4, -0.2) is 21.3 Å². The molecular formula is C6H14OS2. The lowest BCUT2D eigenvalue weighted by Gasteiger charge is -2.01. The standard InChI is InChI=1S/C6H14OS2/c1-6(2)4-9(7)5-8-3/h6H,4-5H2,1-3H3/t9-/m1/s1. The van der Waals surface area contributed by atoms with Gasteiger partial charge in [0.15, 0.2) is 0 Å². The third-order valence-electron chi connectivity index (χ3n) is 0.769. The molecule has 0 unspecified atom stereocenters. The second-order valence-corrected chi connectivity index (χ2v) is 5.14. The van der Waals surface area contributed by atoms with Crippen molar-refractivity contribution in [2.45, 2.75) is 13.8 Å². The van der Waals surface area contributed by atoms with Gasteiger partial charge in [0.2, 0.25) is 0 Å². The molecular weight excluding hydrogens is 152 g/mol. The van der Waals surface area contributed by atoms with Gasteiger partial charge in [-0.2, -0.15) is 11.8 Å². The Hall–Kier alpha value is 0.500. The van der Waals surface area contributed by atoms with Crippen molar-refractivity contribution in [2.24, 2.45) is 5.92 Å². The van der Waals surface area contributed by atoms with Crippen molar-refractivity contribution in [2.75, 3.05) is 17.1 Å². The molecule has 0 saturated heterocycles. The van der Waals surface area contributed by atoms with Gasteiger partial charge in [0.1, 0.15) is 0 Å². The predicted octanol–water partition coefficient (Wildman–Crippen LogP) is 1.71. The van der Waals surface area contributed by atoms with Crippen LogP contribution in [0.2, 0.25) is 0 Å². The van der Waals surface area contributed by atoms with E-state index in [1.165, 1.54) is 0 Å². The Morgan fingerprint density at radius 3 is 2.44 bits per heavy atom. The third-order valence-corrected chi connectivity index (χ3v) is 3.80. The molecule has 0 amide bonds. The van der Waals surface area contributed by atoms with Gasteiger partial charge in [-0.1, -0.05) is 13.8 Å². The molecule has 0 bridgehead atoms. The fourth-order valence-corrected chi connectivity index (χ4v) is 2.73. The highest BCUT2D eigenvalue weighted by atomic mass is 32.2. The van der Waals surface area contributed by atoms with Crippen LogP contribution in [0.5, 0.6) is 0 Å². The van der Waals surface area contributed by atoms with Crippen LogP contribution in [0.15, 0.2) is 0 Å². The summed E-state index contributed by atoms with van der Waals surface area (Å²) in [7, 11) is -0.587. The lowest BCUT2D eigenvalue weighted by atomic mass is 10.3. The Bertz CT molecular complexity index is 91.1. The van der Waals surface area contributed by atoms with Crippen LogP contribution < -0.4 is 0 Å². The molecule has 0 aliphatic rings. The largest absolute Gasteiger partial charge is 0.259 e. The monoisotopic (exact) mass is 166 g/mol. The van der Waals surface area contributed by atoms with Crippen LogP contribution in [0, 0.1) is 5.92 Å². The van der Waals surface area contributed by atoms with Gasteiger partial charge in [-0.15, -0.1) is 0 Å². The van der Waals surface area contributed by atoms with Crippen molar-refractivity contribution in [3.63, 3.8) is 0 Å². The van der Waals surface area contributed by atoms with E-state index in [9.17, 15) is 4.21 Å². The first-order valence-corrected chi connectivity index (χ1v) is 5.89. The summed E-state index contributed by atoms with van der Waals surface area (Å²) in [4.78, 5) is 0. The van der Waals surface area contributed by atoms with Gasteiger partial charge in [0, 0.05) is 16.6 Å². The van der Waals surface area contributed by atoms with Gasteiger partial charge in [-0.25, -0.2) is 0 Å². The molecule has 0 aromatic rings. The number of rotatable bonds is 4. The summed E-state index contributed by atoms with van der Waals surface area (Å²) in [5.41, 5.74) is 0. The van der Waals surface area contributed by atoms with Crippen LogP contribution in [0.25, 0.3) is 0 Å². The summed E-state index contributed by atoms with van der Waals surface area (Å²) in [5.74, 6) is 1.42. The van der Waals surface area contributed by atoms with Gasteiger partial charge < -0.3 is 0 Å². The number of hydrogen-bond acceptors (Lipinski definition) is 2. The third kappa shape index (κ3) is 6.38. The fraction of sp³-hybridized carbons (Fsp3) is 1.00. The summed E-state index contributed by atoms with van der Waals surface area (Å²) in [5, 5.41) is 0.790. The highest BCUT2D eigenvalue weighted by Crippen LogP contribution is 2.01. The van der Waals surface area contributed by atoms with Crippen molar-refractivity contribution in [1.29, 1.82) is 0 Å². The Morgan fingerprint density at radius 1 is 1.56 bits per heavy atom. The lowest BCUT2D eigenvalue weighted by molar-refractivity contribution is 0.668. The fourth-order valence-electron chi connectivity index (χ4n) is 0.551. The highest BCUT2D eigenvalue weighted by Gasteiger charge is 2.00. The Labute approximate surface area is 64.1 Å². The van der Waals surface area contributed by atoms with E-state index in [1.807, 2.05) is 6.26 Å². The maximum atomic E-state index is 10.9. The van der Waals surface area contributed by atoms with Crippen LogP contribution in [0.4, 0.5) is 0 Å². The second-order valence-electron chi connectivity index (χ2n) is 2.41. The molecule has 1 atom stereocenters. The summed E-state index contributed by atoms with van der Waals surface area (Å²) in [6, 6.07) is 0. The van der Waals surface area contributed by atoms with Crippen LogP contribution >= 0.6 is 11.8 Å². The van der Waals surface area contributed by atoms with Crippen molar-refractivity contribution < 1.29 is 4.21 Å². The van der Waals surface area contributed by atoms with Gasteiger partial charge in [-0.3, -0.25) is 4.21 Å². The predicted molar refractivity (Wildman–Crippen MR) is 46.2 cm³/mol. The molecule has 0 aromatic heterocycles. The van der Waals surface area contributed by atoms with Crippen molar-refractivity contribution in [3.05, 3.63) is 0 Å². The molecule has 56 valence electrons. The molecule has 0 aromatic carbocycles. The average Bonchev–Trinajstić information content (AvgIpc) is 1.63. The van der Waals surface area contributed by atoms with E-state index in [0.717, 1.165) is 10.8 Å². The first kappa shape index (κ1) is 9.50. The first-order chi connectivity index (χ1) is 4.16. The minimum atomic E-state index is -0.587. The smallest absolute Gasteiger partial charge is 0.0689 e. The summed E-state index contributed by atoms with van der Waals surface area (Å²) in [6.45, 7) is 4.19. The molecule has 0 rings (SSSR count). The molecule has 0 spiro atoms. The van der Waals surface area contributed by atoms with Crippen LogP contribution in [-0.2, 0) is 10.8 Å². The minimum absolute atomic E-state index is 0.568. The van der Waals surface area contributed by atoms with Crippen molar-refractivity contribution in [1.82, 2.24) is 0 Å². The molecule has 0 aliphatic carbocycles. The van der Waals surface area contributed by atoms with E-state index in [-0.39, 0.29) is 0 Å². The molecule has 0 aliphatic heterocycles. The molecule has 1 nitrogen and oxygen atoms in total. The Balaban J connectivity index is 3.27. The quantitative estimate of drug-likeness (QED) is 0.632. The lowest BCUT2D eigenvalue weighted by Crippen LogP contribution is -2.05. The maximum absolute atomic E-state index is 10.9. The van der Waals surface area contributed by atoms with E-state index in [0.29, 0.717) is 5.92 Å². The van der Waals surface area contributed by atoms with Gasteiger partial charge in [-0.05, 0) is 12.2 Å². The molecule has 0 fully saturated rings. The highest BCUT2D eigenvalue weighted by molar-refractivity contribution is 8.09. The van der Waals surface area contributed by atoms with Gasteiger partial charge in [0.05, 0.1) is 5.08 Å². The van der Waals surface area contributed by atoms with Crippen LogP contribution in [0.1, 0.15) is 13.8 Å². The molecule has 0 radical (unpaired) electrons. The summed E-state index contributed by atoms with van der Waals surface area (Å²) in [6.07, 6.45) is 1.98. The summed E-state index contributed by atoms with van der Waals surface area (Å²) < 4.78 is 10.9. The van der Waals surface area contributed by atoms with E-state index in [4.69, 9.17) is 0 Å². The van der Waals surface area contributed by atoms with Crippen LogP contribution in [0.3, 0.4) is 0 Å². The average molecular weight is 166 g/mol. The first-order valence-electron chi connectivity index (χ1n) is 3.00. The summed E-state index contributed by atoms with van der Waals surface area (Å²) >= 11 is 1.65. The molecule has 0 N–H and O–H groups in total. The molecule has 0 heterocycles. The van der Waals surface area contributed by atoms with Gasteiger partial charge in [0.25, 0.3) is 0 Å². The molecule has 9 heavy (non-hydrogen) atoms. The zero-order chi connectivity index (χ0) is 7.28. The van der Waals surface area contributed by atoms with Gasteiger partial charge >= 0.3 is 0 Å². The molecule has 3 heteroatoms. The Morgan fingerprint density at radius 2 is 2.11 bits per heavy atom. The second kappa shape index (κ2) is 5.30. The normalized spacial score (nSPS) is 14.2. The topological polar surface area (TPSA) is 17.1 Å². The van der Waals surface area contributed by atoms with Crippen molar-refractivity contribution in [3.8, 4) is 0 Å². The maximum Gasteiger partial charge on any atom is 0.0689 e. The van der Waals surface area contributed by atoms with E-state index >= 15 is 0 Å². The number of thioether (sulfide) groups is 1. The Kier molecular flexibility index (Phi) is 5.59. The molecule has 0 saturated carbocycles. The SMILES string of the molecule is CSC[S@](=O)CC(C)C. The minimum Gasteiger partial charge on any atom is -0.259 e. The number of hydrogen-bond donors (Lipinski definition) is 0. The zero-order valence-electron chi connectivity index (χ0n) is 6.22. The van der Waals surface area contributed by atoms with E-state index in [1.54, 1.807) is 11.8 Å². The van der Waals surface area contributed by atoms with Crippen molar-refractivity contribution >= 4 is 22.6 Å².